The number of nitrogens with one attached hydrogen (secondary N) is 1. The molecule has 1 atom stereocenters. The Kier molecular flexibility index (Phi) is 9.87. The molecular weight excluding hydrogens is 463 g/mol. The van der Waals surface area contributed by atoms with Gasteiger partial charge < -0.3 is 19.7 Å². The van der Waals surface area contributed by atoms with E-state index in [1.54, 1.807) is 37.1 Å². The first-order valence-corrected chi connectivity index (χ1v) is 11.6. The number of methoxy groups -OCH3 is 1. The topological polar surface area (TPSA) is 67.9 Å². The lowest BCUT2D eigenvalue weighted by Gasteiger charge is -2.31. The molecular formula is C25H32Cl2N2O4. The van der Waals surface area contributed by atoms with Crippen molar-refractivity contribution in [3.05, 3.63) is 58.1 Å². The van der Waals surface area contributed by atoms with Crippen LogP contribution in [0.15, 0.2) is 42.5 Å². The van der Waals surface area contributed by atoms with Crippen molar-refractivity contribution in [3.8, 4) is 11.5 Å². The molecule has 8 heteroatoms. The minimum absolute atomic E-state index is 0.157. The molecule has 0 saturated heterocycles. The molecule has 2 amide bonds. The summed E-state index contributed by atoms with van der Waals surface area (Å²) in [6.07, 6.45) is 0.734. The highest BCUT2D eigenvalue weighted by Gasteiger charge is 2.28. The van der Waals surface area contributed by atoms with Gasteiger partial charge in [0, 0.05) is 28.5 Å². The third-order valence-electron chi connectivity index (χ3n) is 4.88. The van der Waals surface area contributed by atoms with Gasteiger partial charge in [-0.2, -0.15) is 0 Å². The first-order chi connectivity index (χ1) is 15.5. The zero-order valence-corrected chi connectivity index (χ0v) is 21.3. The van der Waals surface area contributed by atoms with E-state index in [9.17, 15) is 9.59 Å². The number of carbonyl (C=O) groups is 2. The summed E-state index contributed by atoms with van der Waals surface area (Å²) in [5.41, 5.74) is 0.309. The Bertz CT molecular complexity index is 942. The summed E-state index contributed by atoms with van der Waals surface area (Å²) in [5, 5.41) is 3.90. The molecule has 0 aliphatic heterocycles. The second-order valence-electron chi connectivity index (χ2n) is 8.80. The summed E-state index contributed by atoms with van der Waals surface area (Å²) < 4.78 is 10.9. The van der Waals surface area contributed by atoms with Gasteiger partial charge in [-0.25, -0.2) is 0 Å². The number of hydrogen-bond donors (Lipinski definition) is 1. The SMILES string of the molecule is COc1ccc(OCCCC(=O)N(Cc2ccc(Cl)cc2Cl)[C@H](C)C(=O)NC(C)(C)C)cc1. The van der Waals surface area contributed by atoms with Crippen LogP contribution in [0.25, 0.3) is 0 Å². The summed E-state index contributed by atoms with van der Waals surface area (Å²) in [5.74, 6) is 1.06. The van der Waals surface area contributed by atoms with Crippen LogP contribution in [0.3, 0.4) is 0 Å². The maximum absolute atomic E-state index is 13.1. The van der Waals surface area contributed by atoms with E-state index in [1.807, 2.05) is 45.0 Å². The summed E-state index contributed by atoms with van der Waals surface area (Å²) in [7, 11) is 1.60. The highest BCUT2D eigenvalue weighted by molar-refractivity contribution is 6.35. The number of carbonyl (C=O) groups excluding carboxylic acids is 2. The summed E-state index contributed by atoms with van der Waals surface area (Å²) in [6, 6.07) is 11.7. The first-order valence-electron chi connectivity index (χ1n) is 10.8. The van der Waals surface area contributed by atoms with E-state index in [2.05, 4.69) is 5.32 Å². The number of amides is 2. The molecule has 0 spiro atoms. The quantitative estimate of drug-likeness (QED) is 0.443. The van der Waals surface area contributed by atoms with Crippen molar-refractivity contribution in [1.29, 1.82) is 0 Å². The number of ether oxygens (including phenoxy) is 2. The Balaban J connectivity index is 2.05. The van der Waals surface area contributed by atoms with Crippen molar-refractivity contribution in [2.24, 2.45) is 0 Å². The largest absolute Gasteiger partial charge is 0.497 e. The molecule has 2 aromatic rings. The van der Waals surface area contributed by atoms with Crippen molar-refractivity contribution < 1.29 is 19.1 Å². The van der Waals surface area contributed by atoms with Crippen LogP contribution >= 0.6 is 23.2 Å². The van der Waals surface area contributed by atoms with Crippen LogP contribution < -0.4 is 14.8 Å². The molecule has 1 N–H and O–H groups in total. The van der Waals surface area contributed by atoms with E-state index in [-0.39, 0.29) is 24.8 Å². The van der Waals surface area contributed by atoms with E-state index in [0.29, 0.717) is 28.8 Å². The minimum atomic E-state index is -0.675. The maximum atomic E-state index is 13.1. The highest BCUT2D eigenvalue weighted by atomic mass is 35.5. The van der Waals surface area contributed by atoms with Gasteiger partial charge in [0.1, 0.15) is 17.5 Å². The minimum Gasteiger partial charge on any atom is -0.497 e. The second-order valence-corrected chi connectivity index (χ2v) is 9.64. The lowest BCUT2D eigenvalue weighted by Crippen LogP contribution is -2.52. The molecule has 0 fully saturated rings. The smallest absolute Gasteiger partial charge is 0.242 e. The van der Waals surface area contributed by atoms with Gasteiger partial charge in [0.25, 0.3) is 0 Å². The molecule has 0 saturated carbocycles. The normalized spacial score (nSPS) is 12.1. The zero-order valence-electron chi connectivity index (χ0n) is 19.8. The van der Waals surface area contributed by atoms with Gasteiger partial charge in [0.2, 0.25) is 11.8 Å². The Morgan fingerprint density at radius 2 is 1.70 bits per heavy atom. The number of halogens is 2. The number of hydrogen-bond acceptors (Lipinski definition) is 4. The molecule has 0 aliphatic rings. The summed E-state index contributed by atoms with van der Waals surface area (Å²) in [4.78, 5) is 27.5. The average Bonchev–Trinajstić information content (AvgIpc) is 2.75. The lowest BCUT2D eigenvalue weighted by atomic mass is 10.1. The van der Waals surface area contributed by atoms with E-state index in [0.717, 1.165) is 11.3 Å². The van der Waals surface area contributed by atoms with Crippen molar-refractivity contribution >= 4 is 35.0 Å². The zero-order chi connectivity index (χ0) is 24.6. The van der Waals surface area contributed by atoms with Crippen molar-refractivity contribution in [2.45, 2.75) is 58.7 Å². The van der Waals surface area contributed by atoms with Gasteiger partial charge >= 0.3 is 0 Å². The number of benzene rings is 2. The monoisotopic (exact) mass is 494 g/mol. The summed E-state index contributed by atoms with van der Waals surface area (Å²) in [6.45, 7) is 7.99. The van der Waals surface area contributed by atoms with Crippen LogP contribution in [0.1, 0.15) is 46.1 Å². The maximum Gasteiger partial charge on any atom is 0.242 e. The second kappa shape index (κ2) is 12.1. The molecule has 180 valence electrons. The van der Waals surface area contributed by atoms with Crippen LogP contribution in [0.2, 0.25) is 10.0 Å². The van der Waals surface area contributed by atoms with Crippen molar-refractivity contribution in [1.82, 2.24) is 10.2 Å². The van der Waals surface area contributed by atoms with Crippen LogP contribution in [0, 0.1) is 0 Å². The Hall–Kier alpha value is -2.44. The van der Waals surface area contributed by atoms with Crippen LogP contribution in [0.4, 0.5) is 0 Å². The summed E-state index contributed by atoms with van der Waals surface area (Å²) >= 11 is 12.3. The van der Waals surface area contributed by atoms with E-state index in [1.165, 1.54) is 0 Å². The first kappa shape index (κ1) is 26.8. The Labute approximate surface area is 206 Å². The molecule has 0 aromatic heterocycles. The van der Waals surface area contributed by atoms with Gasteiger partial charge in [-0.1, -0.05) is 29.3 Å². The standard InChI is InChI=1S/C25H32Cl2N2O4/c1-17(24(31)28-25(2,3)4)29(16-18-8-9-19(26)15-22(18)27)23(30)7-6-14-33-21-12-10-20(32-5)11-13-21/h8-13,15,17H,6-7,14,16H2,1-5H3,(H,28,31)/t17-/m1/s1. The predicted octanol–water partition coefficient (Wildman–Crippen LogP) is 5.49. The third kappa shape index (κ3) is 8.78. The van der Waals surface area contributed by atoms with Gasteiger partial charge in [0.05, 0.1) is 13.7 Å². The number of nitrogens with zero attached hydrogens (tertiary/aromatic N) is 1. The molecule has 0 heterocycles. The fourth-order valence-electron chi connectivity index (χ4n) is 3.12. The molecule has 0 radical (unpaired) electrons. The van der Waals surface area contributed by atoms with E-state index >= 15 is 0 Å². The molecule has 6 nitrogen and oxygen atoms in total. The highest BCUT2D eigenvalue weighted by Crippen LogP contribution is 2.24. The van der Waals surface area contributed by atoms with Crippen LogP contribution in [0.5, 0.6) is 11.5 Å². The fourth-order valence-corrected chi connectivity index (χ4v) is 3.59. The Morgan fingerprint density at radius 1 is 1.06 bits per heavy atom. The van der Waals surface area contributed by atoms with Gasteiger partial charge in [-0.3, -0.25) is 9.59 Å². The molecule has 0 bridgehead atoms. The average molecular weight is 495 g/mol. The van der Waals surface area contributed by atoms with Gasteiger partial charge in [-0.15, -0.1) is 0 Å². The van der Waals surface area contributed by atoms with Crippen LogP contribution in [-0.4, -0.2) is 42.0 Å². The van der Waals surface area contributed by atoms with Crippen molar-refractivity contribution in [3.63, 3.8) is 0 Å². The van der Waals surface area contributed by atoms with Gasteiger partial charge in [0.15, 0.2) is 0 Å². The molecule has 33 heavy (non-hydrogen) atoms. The fraction of sp³-hybridized carbons (Fsp3) is 0.440. The number of rotatable bonds is 10. The molecule has 2 rings (SSSR count). The van der Waals surface area contributed by atoms with Crippen molar-refractivity contribution in [2.75, 3.05) is 13.7 Å². The van der Waals surface area contributed by atoms with E-state index < -0.39 is 11.6 Å². The molecule has 2 aromatic carbocycles. The lowest BCUT2D eigenvalue weighted by molar-refractivity contribution is -0.141. The Morgan fingerprint density at radius 3 is 2.27 bits per heavy atom. The third-order valence-corrected chi connectivity index (χ3v) is 5.47. The predicted molar refractivity (Wildman–Crippen MR) is 132 cm³/mol. The van der Waals surface area contributed by atoms with Crippen LogP contribution in [-0.2, 0) is 16.1 Å². The molecule has 0 aliphatic carbocycles. The molecule has 0 unspecified atom stereocenters. The van der Waals surface area contributed by atoms with E-state index in [4.69, 9.17) is 32.7 Å². The van der Waals surface area contributed by atoms with Gasteiger partial charge in [-0.05, 0) is 76.1 Å².